The molecule has 1 unspecified atom stereocenters. The number of carbonyl (C=O) groups excluding carboxylic acids is 2. The molecule has 1 aromatic carbocycles. The van der Waals surface area contributed by atoms with Crippen molar-refractivity contribution in [3.05, 3.63) is 65.5 Å². The number of carbonyl (C=O) groups is 2. The first kappa shape index (κ1) is 22.3. The summed E-state index contributed by atoms with van der Waals surface area (Å²) in [5, 5.41) is 0. The molecule has 8 heteroatoms. The second-order valence-electron chi connectivity index (χ2n) is 8.44. The van der Waals surface area contributed by atoms with Crippen LogP contribution in [-0.2, 0) is 16.1 Å². The van der Waals surface area contributed by atoms with Gasteiger partial charge in [-0.05, 0) is 48.7 Å². The van der Waals surface area contributed by atoms with E-state index in [-0.39, 0.29) is 30.6 Å². The van der Waals surface area contributed by atoms with Gasteiger partial charge in [-0.15, -0.1) is 0 Å². The summed E-state index contributed by atoms with van der Waals surface area (Å²) in [6.45, 7) is 0.607. The van der Waals surface area contributed by atoms with Crippen molar-refractivity contribution in [2.45, 2.75) is 50.9 Å². The summed E-state index contributed by atoms with van der Waals surface area (Å²) in [7, 11) is 0. The van der Waals surface area contributed by atoms with Gasteiger partial charge in [0.25, 0.3) is 5.91 Å². The molecular formula is C24H27F2N3O3. The van der Waals surface area contributed by atoms with Gasteiger partial charge < -0.3 is 14.5 Å². The number of ether oxygens (including phenoxy) is 1. The lowest BCUT2D eigenvalue weighted by Gasteiger charge is -2.34. The van der Waals surface area contributed by atoms with E-state index in [0.717, 1.165) is 55.9 Å². The van der Waals surface area contributed by atoms with Crippen LogP contribution in [0.15, 0.2) is 42.7 Å². The molecule has 1 atom stereocenters. The lowest BCUT2D eigenvalue weighted by molar-refractivity contribution is -0.134. The van der Waals surface area contributed by atoms with Crippen molar-refractivity contribution in [1.82, 2.24) is 14.8 Å². The lowest BCUT2D eigenvalue weighted by atomic mass is 9.94. The summed E-state index contributed by atoms with van der Waals surface area (Å²) in [4.78, 5) is 33.3. The van der Waals surface area contributed by atoms with Gasteiger partial charge in [0, 0.05) is 31.5 Å². The zero-order chi connectivity index (χ0) is 22.5. The summed E-state index contributed by atoms with van der Waals surface area (Å²) in [5.74, 6) is -2.41. The number of amides is 2. The Morgan fingerprint density at radius 3 is 2.56 bits per heavy atom. The normalized spacial score (nSPS) is 20.3. The molecule has 1 saturated heterocycles. The molecular weight excluding hydrogens is 416 g/mol. The Bertz CT molecular complexity index is 951. The fourth-order valence-corrected chi connectivity index (χ4v) is 4.47. The minimum absolute atomic E-state index is 0.115. The number of hydrogen-bond acceptors (Lipinski definition) is 4. The van der Waals surface area contributed by atoms with Gasteiger partial charge >= 0.3 is 0 Å². The van der Waals surface area contributed by atoms with Crippen molar-refractivity contribution >= 4 is 11.8 Å². The first-order chi connectivity index (χ1) is 15.5. The van der Waals surface area contributed by atoms with E-state index in [2.05, 4.69) is 4.98 Å². The Morgan fingerprint density at radius 2 is 1.81 bits per heavy atom. The zero-order valence-corrected chi connectivity index (χ0v) is 17.9. The van der Waals surface area contributed by atoms with E-state index in [1.807, 2.05) is 17.0 Å². The maximum atomic E-state index is 14.3. The van der Waals surface area contributed by atoms with E-state index in [1.54, 1.807) is 12.4 Å². The topological polar surface area (TPSA) is 62.7 Å². The molecule has 2 heterocycles. The minimum Gasteiger partial charge on any atom is -0.370 e. The highest BCUT2D eigenvalue weighted by Gasteiger charge is 2.35. The first-order valence-corrected chi connectivity index (χ1v) is 11.1. The van der Waals surface area contributed by atoms with Gasteiger partial charge in [0.05, 0.1) is 18.3 Å². The molecule has 2 fully saturated rings. The molecule has 170 valence electrons. The van der Waals surface area contributed by atoms with Crippen LogP contribution < -0.4 is 0 Å². The Morgan fingerprint density at radius 1 is 1.06 bits per heavy atom. The zero-order valence-electron chi connectivity index (χ0n) is 17.9. The van der Waals surface area contributed by atoms with Crippen LogP contribution in [0.2, 0.25) is 0 Å². The number of hydrogen-bond donors (Lipinski definition) is 0. The van der Waals surface area contributed by atoms with E-state index in [0.29, 0.717) is 13.2 Å². The number of nitrogens with zero attached hydrogens (tertiary/aromatic N) is 3. The number of pyridine rings is 1. The third-order valence-corrected chi connectivity index (χ3v) is 6.17. The molecule has 0 N–H and O–H groups in total. The molecule has 1 saturated carbocycles. The summed E-state index contributed by atoms with van der Waals surface area (Å²) in [6.07, 6.45) is 8.03. The molecule has 2 amide bonds. The van der Waals surface area contributed by atoms with E-state index < -0.39 is 23.6 Å². The van der Waals surface area contributed by atoms with Crippen LogP contribution in [0.4, 0.5) is 8.78 Å². The van der Waals surface area contributed by atoms with Gasteiger partial charge in [0.2, 0.25) is 5.91 Å². The molecule has 1 aliphatic heterocycles. The Balaban J connectivity index is 1.56. The van der Waals surface area contributed by atoms with E-state index in [1.165, 1.54) is 4.90 Å². The molecule has 1 aliphatic carbocycles. The van der Waals surface area contributed by atoms with Gasteiger partial charge in [-0.3, -0.25) is 14.6 Å². The molecule has 32 heavy (non-hydrogen) atoms. The fourth-order valence-electron chi connectivity index (χ4n) is 4.47. The Labute approximate surface area is 186 Å². The number of aromatic nitrogens is 1. The van der Waals surface area contributed by atoms with Gasteiger partial charge in [-0.1, -0.05) is 19.3 Å². The van der Waals surface area contributed by atoms with Crippen molar-refractivity contribution in [3.8, 4) is 0 Å². The molecule has 0 spiro atoms. The third kappa shape index (κ3) is 5.30. The monoisotopic (exact) mass is 443 g/mol. The maximum absolute atomic E-state index is 14.3. The van der Waals surface area contributed by atoms with Crippen molar-refractivity contribution in [2.24, 2.45) is 0 Å². The summed E-state index contributed by atoms with van der Waals surface area (Å²) in [5.41, 5.74) is 0.547. The Kier molecular flexibility index (Phi) is 7.09. The van der Waals surface area contributed by atoms with Gasteiger partial charge in [0.15, 0.2) is 0 Å². The predicted octanol–water partition coefficient (Wildman–Crippen LogP) is 3.56. The highest BCUT2D eigenvalue weighted by atomic mass is 19.1. The second-order valence-corrected chi connectivity index (χ2v) is 8.44. The number of halogens is 2. The van der Waals surface area contributed by atoms with Crippen LogP contribution in [0.1, 0.15) is 48.0 Å². The highest BCUT2D eigenvalue weighted by Crippen LogP contribution is 2.25. The van der Waals surface area contributed by atoms with Crippen LogP contribution >= 0.6 is 0 Å². The molecule has 2 aromatic rings. The second kappa shape index (κ2) is 10.2. The lowest BCUT2D eigenvalue weighted by Crippen LogP contribution is -2.46. The summed E-state index contributed by atoms with van der Waals surface area (Å²) >= 11 is 0. The molecule has 0 bridgehead atoms. The molecule has 0 radical (unpaired) electrons. The minimum atomic E-state index is -0.813. The van der Waals surface area contributed by atoms with Gasteiger partial charge in [-0.2, -0.15) is 0 Å². The number of benzene rings is 1. The average Bonchev–Trinajstić information content (AvgIpc) is 2.99. The van der Waals surface area contributed by atoms with Crippen molar-refractivity contribution in [2.75, 3.05) is 19.6 Å². The standard InChI is InChI=1S/C24H27F2N3O3/c25-18-6-7-22(26)21(12-18)24(31)28-13-20(32-16-17-8-10-27-11-9-17)14-29(23(30)15-28)19-4-2-1-3-5-19/h6-12,19-20H,1-5,13-16H2. The van der Waals surface area contributed by atoms with Crippen LogP contribution in [0.3, 0.4) is 0 Å². The quantitative estimate of drug-likeness (QED) is 0.709. The van der Waals surface area contributed by atoms with Crippen LogP contribution in [0, 0.1) is 11.6 Å². The molecule has 2 aliphatic rings. The summed E-state index contributed by atoms with van der Waals surface area (Å²) in [6, 6.07) is 6.55. The molecule has 1 aromatic heterocycles. The summed E-state index contributed by atoms with van der Waals surface area (Å²) < 4.78 is 34.0. The van der Waals surface area contributed by atoms with Crippen LogP contribution in [0.25, 0.3) is 0 Å². The van der Waals surface area contributed by atoms with Crippen LogP contribution in [0.5, 0.6) is 0 Å². The number of rotatable bonds is 5. The SMILES string of the molecule is O=C(c1cc(F)ccc1F)N1CC(=O)N(C2CCCCC2)CC(OCc2ccncc2)C1. The Hall–Kier alpha value is -2.87. The van der Waals surface area contributed by atoms with E-state index >= 15 is 0 Å². The highest BCUT2D eigenvalue weighted by molar-refractivity contribution is 5.97. The smallest absolute Gasteiger partial charge is 0.257 e. The van der Waals surface area contributed by atoms with Crippen molar-refractivity contribution in [1.29, 1.82) is 0 Å². The van der Waals surface area contributed by atoms with E-state index in [4.69, 9.17) is 4.74 Å². The van der Waals surface area contributed by atoms with E-state index in [9.17, 15) is 18.4 Å². The molecule has 6 nitrogen and oxygen atoms in total. The van der Waals surface area contributed by atoms with Gasteiger partial charge in [-0.25, -0.2) is 8.78 Å². The molecule has 4 rings (SSSR count). The van der Waals surface area contributed by atoms with Crippen LogP contribution in [-0.4, -0.2) is 58.4 Å². The largest absolute Gasteiger partial charge is 0.370 e. The fraction of sp³-hybridized carbons (Fsp3) is 0.458. The maximum Gasteiger partial charge on any atom is 0.257 e. The van der Waals surface area contributed by atoms with Gasteiger partial charge in [0.1, 0.15) is 18.2 Å². The van der Waals surface area contributed by atoms with Crippen molar-refractivity contribution in [3.63, 3.8) is 0 Å². The first-order valence-electron chi connectivity index (χ1n) is 11.1. The third-order valence-electron chi connectivity index (χ3n) is 6.17. The predicted molar refractivity (Wildman–Crippen MR) is 114 cm³/mol. The average molecular weight is 443 g/mol. The van der Waals surface area contributed by atoms with Crippen molar-refractivity contribution < 1.29 is 23.1 Å².